The molecule has 0 bridgehead atoms. The molecule has 0 N–H and O–H groups in total. The van der Waals surface area contributed by atoms with Crippen molar-refractivity contribution in [1.82, 2.24) is 4.57 Å². The van der Waals surface area contributed by atoms with E-state index in [0.29, 0.717) is 30.2 Å². The summed E-state index contributed by atoms with van der Waals surface area (Å²) in [4.78, 5) is 23.0. The molecule has 0 spiro atoms. The zero-order valence-corrected chi connectivity index (χ0v) is 17.2. The zero-order valence-electron chi connectivity index (χ0n) is 17.2. The van der Waals surface area contributed by atoms with Crippen molar-refractivity contribution in [1.29, 1.82) is 0 Å². The predicted octanol–water partition coefficient (Wildman–Crippen LogP) is 4.11. The Balaban J connectivity index is 1.41. The lowest BCUT2D eigenvalue weighted by molar-refractivity contribution is -0.384. The maximum absolute atomic E-state index is 12.7. The molecule has 0 saturated heterocycles. The summed E-state index contributed by atoms with van der Waals surface area (Å²) in [6.45, 7) is 4.67. The van der Waals surface area contributed by atoms with Crippen molar-refractivity contribution in [3.05, 3.63) is 81.7 Å². The number of carbonyl (C=O) groups excluding carboxylic acids is 1. The third-order valence-corrected chi connectivity index (χ3v) is 5.25. The molecular formula is C23H22N2O6. The molecule has 4 rings (SSSR count). The van der Waals surface area contributed by atoms with Crippen LogP contribution in [0.5, 0.6) is 17.2 Å². The highest BCUT2D eigenvalue weighted by atomic mass is 16.6. The molecule has 0 amide bonds. The molecule has 2 heterocycles. The number of ketones is 1. The van der Waals surface area contributed by atoms with Gasteiger partial charge in [-0.3, -0.25) is 14.9 Å². The zero-order chi connectivity index (χ0) is 22.0. The van der Waals surface area contributed by atoms with Crippen molar-refractivity contribution in [2.45, 2.75) is 26.5 Å². The normalized spacial score (nSPS) is 14.8. The van der Waals surface area contributed by atoms with E-state index >= 15 is 0 Å². The first kappa shape index (κ1) is 20.5. The maximum Gasteiger partial charge on any atom is 0.269 e. The van der Waals surface area contributed by atoms with Crippen LogP contribution in [0.2, 0.25) is 0 Å². The number of fused-ring (bicyclic) bond motifs is 1. The Morgan fingerprint density at radius 1 is 1.16 bits per heavy atom. The smallest absolute Gasteiger partial charge is 0.269 e. The Bertz CT molecular complexity index is 1120. The Morgan fingerprint density at radius 2 is 1.87 bits per heavy atom. The van der Waals surface area contributed by atoms with E-state index in [9.17, 15) is 14.9 Å². The number of nitrogens with zero attached hydrogens (tertiary/aromatic N) is 2. The third-order valence-electron chi connectivity index (χ3n) is 5.25. The van der Waals surface area contributed by atoms with E-state index in [1.165, 1.54) is 24.3 Å². The molecule has 8 nitrogen and oxygen atoms in total. The number of nitro benzene ring substituents is 1. The summed E-state index contributed by atoms with van der Waals surface area (Å²) >= 11 is 0. The number of nitro groups is 1. The van der Waals surface area contributed by atoms with Crippen LogP contribution in [-0.2, 0) is 6.54 Å². The van der Waals surface area contributed by atoms with Crippen LogP contribution in [-0.4, -0.2) is 34.6 Å². The lowest BCUT2D eigenvalue weighted by Gasteiger charge is -2.27. The lowest BCUT2D eigenvalue weighted by atomic mass is 10.1. The van der Waals surface area contributed by atoms with Crippen LogP contribution in [0.1, 0.15) is 21.7 Å². The molecule has 0 saturated carbocycles. The van der Waals surface area contributed by atoms with E-state index in [-0.39, 0.29) is 24.2 Å². The van der Waals surface area contributed by atoms with Crippen LogP contribution in [0, 0.1) is 24.0 Å². The van der Waals surface area contributed by atoms with E-state index in [2.05, 4.69) is 0 Å². The van der Waals surface area contributed by atoms with Gasteiger partial charge >= 0.3 is 0 Å². The first-order valence-corrected chi connectivity index (χ1v) is 9.88. The lowest BCUT2D eigenvalue weighted by Crippen LogP contribution is -2.33. The van der Waals surface area contributed by atoms with Crippen LogP contribution in [0.4, 0.5) is 5.69 Å². The van der Waals surface area contributed by atoms with Gasteiger partial charge in [-0.2, -0.15) is 0 Å². The number of aromatic nitrogens is 1. The Hall–Kier alpha value is -3.81. The number of rotatable bonds is 7. The Kier molecular flexibility index (Phi) is 5.62. The van der Waals surface area contributed by atoms with Gasteiger partial charge in [0.05, 0.1) is 11.5 Å². The molecule has 2 aromatic carbocycles. The molecule has 1 aliphatic rings. The fourth-order valence-electron chi connectivity index (χ4n) is 3.61. The van der Waals surface area contributed by atoms with Crippen LogP contribution >= 0.6 is 0 Å². The topological polar surface area (TPSA) is 92.8 Å². The maximum atomic E-state index is 12.7. The highest BCUT2D eigenvalue weighted by Crippen LogP contribution is 2.31. The van der Waals surface area contributed by atoms with E-state index in [4.69, 9.17) is 14.2 Å². The third kappa shape index (κ3) is 4.37. The van der Waals surface area contributed by atoms with E-state index in [0.717, 1.165) is 17.1 Å². The summed E-state index contributed by atoms with van der Waals surface area (Å²) in [5.41, 5.74) is 2.33. The highest BCUT2D eigenvalue weighted by Gasteiger charge is 2.24. The van der Waals surface area contributed by atoms with Gasteiger partial charge in [-0.1, -0.05) is 12.1 Å². The molecule has 3 aromatic rings. The van der Waals surface area contributed by atoms with Crippen molar-refractivity contribution in [3.63, 3.8) is 0 Å². The molecule has 0 radical (unpaired) electrons. The molecule has 160 valence electrons. The van der Waals surface area contributed by atoms with Gasteiger partial charge in [0.15, 0.2) is 24.2 Å². The number of benzene rings is 2. The standard InChI is InChI=1S/C23H22N2O6/c1-15-11-20(21(26)14-29-18-9-7-17(8-10-18)25(27)28)16(2)24(15)12-19-13-30-22-5-3-4-6-23(22)31-19/h3-11,19H,12-14H2,1-2H3. The second-order valence-electron chi connectivity index (χ2n) is 7.36. The highest BCUT2D eigenvalue weighted by molar-refractivity contribution is 5.98. The summed E-state index contributed by atoms with van der Waals surface area (Å²) in [6.07, 6.45) is -0.168. The van der Waals surface area contributed by atoms with Gasteiger partial charge in [0.25, 0.3) is 5.69 Å². The van der Waals surface area contributed by atoms with Crippen LogP contribution in [0.15, 0.2) is 54.6 Å². The van der Waals surface area contributed by atoms with E-state index in [1.807, 2.05) is 48.7 Å². The quantitative estimate of drug-likeness (QED) is 0.323. The van der Waals surface area contributed by atoms with Gasteiger partial charge in [0, 0.05) is 29.1 Å². The second kappa shape index (κ2) is 8.51. The molecule has 31 heavy (non-hydrogen) atoms. The number of hydrogen-bond acceptors (Lipinski definition) is 6. The minimum absolute atomic E-state index is 0.0289. The van der Waals surface area contributed by atoms with Crippen molar-refractivity contribution < 1.29 is 23.9 Å². The molecule has 0 fully saturated rings. The molecule has 1 unspecified atom stereocenters. The number of carbonyl (C=O) groups is 1. The number of para-hydroxylation sites is 2. The van der Waals surface area contributed by atoms with Crippen molar-refractivity contribution in [2.75, 3.05) is 13.2 Å². The van der Waals surface area contributed by atoms with Gasteiger partial charge in [0.1, 0.15) is 12.4 Å². The average Bonchev–Trinajstić information content (AvgIpc) is 3.06. The number of Topliss-reactive ketones (excluding diaryl/α,β-unsaturated/α-hetero) is 1. The predicted molar refractivity (Wildman–Crippen MR) is 113 cm³/mol. The number of aryl methyl sites for hydroxylation is 1. The van der Waals surface area contributed by atoms with Crippen molar-refractivity contribution in [2.24, 2.45) is 0 Å². The van der Waals surface area contributed by atoms with E-state index < -0.39 is 4.92 Å². The molecule has 1 atom stereocenters. The Morgan fingerprint density at radius 3 is 2.58 bits per heavy atom. The SMILES string of the molecule is Cc1cc(C(=O)COc2ccc([N+](=O)[O-])cc2)c(C)n1CC1COc2ccccc2O1. The molecule has 8 heteroatoms. The Labute approximate surface area is 179 Å². The van der Waals surface area contributed by atoms with Crippen LogP contribution < -0.4 is 14.2 Å². The van der Waals surface area contributed by atoms with Gasteiger partial charge in [0.2, 0.25) is 5.78 Å². The summed E-state index contributed by atoms with van der Waals surface area (Å²) in [5, 5.41) is 10.7. The fourth-order valence-corrected chi connectivity index (χ4v) is 3.61. The van der Waals surface area contributed by atoms with Crippen LogP contribution in [0.3, 0.4) is 0 Å². The van der Waals surface area contributed by atoms with Crippen molar-refractivity contribution in [3.8, 4) is 17.2 Å². The largest absolute Gasteiger partial charge is 0.486 e. The average molecular weight is 422 g/mol. The van der Waals surface area contributed by atoms with Crippen LogP contribution in [0.25, 0.3) is 0 Å². The number of hydrogen-bond donors (Lipinski definition) is 0. The fraction of sp³-hybridized carbons (Fsp3) is 0.261. The first-order chi connectivity index (χ1) is 14.9. The van der Waals surface area contributed by atoms with Gasteiger partial charge in [-0.05, 0) is 44.2 Å². The number of non-ortho nitro benzene ring substituents is 1. The summed E-state index contributed by atoms with van der Waals surface area (Å²) in [7, 11) is 0. The molecular weight excluding hydrogens is 400 g/mol. The molecule has 1 aliphatic heterocycles. The molecule has 0 aliphatic carbocycles. The van der Waals surface area contributed by atoms with Gasteiger partial charge < -0.3 is 18.8 Å². The minimum atomic E-state index is -0.483. The summed E-state index contributed by atoms with van der Waals surface area (Å²) in [5.74, 6) is 1.69. The number of ether oxygens (including phenoxy) is 3. The van der Waals surface area contributed by atoms with Gasteiger partial charge in [-0.25, -0.2) is 0 Å². The molecule has 1 aromatic heterocycles. The summed E-state index contributed by atoms with van der Waals surface area (Å²) < 4.78 is 19.4. The van der Waals surface area contributed by atoms with Gasteiger partial charge in [-0.15, -0.1) is 0 Å². The second-order valence-corrected chi connectivity index (χ2v) is 7.36. The monoisotopic (exact) mass is 422 g/mol. The van der Waals surface area contributed by atoms with E-state index in [1.54, 1.807) is 0 Å². The minimum Gasteiger partial charge on any atom is -0.486 e. The van der Waals surface area contributed by atoms with Crippen molar-refractivity contribution >= 4 is 11.5 Å². The first-order valence-electron chi connectivity index (χ1n) is 9.88. The summed E-state index contributed by atoms with van der Waals surface area (Å²) in [6, 6.07) is 15.0.